The average Bonchev–Trinajstić information content (AvgIpc) is 2.80. The summed E-state index contributed by atoms with van der Waals surface area (Å²) in [4.78, 5) is 19.2. The first-order valence-electron chi connectivity index (χ1n) is 5.51. The van der Waals surface area contributed by atoms with E-state index in [-0.39, 0.29) is 6.54 Å². The van der Waals surface area contributed by atoms with Crippen molar-refractivity contribution in [1.29, 1.82) is 0 Å². The van der Waals surface area contributed by atoms with Crippen LogP contribution in [0.1, 0.15) is 5.56 Å². The van der Waals surface area contributed by atoms with Crippen molar-refractivity contribution < 1.29 is 33.1 Å². The number of hydroxylamine groups is 2. The van der Waals surface area contributed by atoms with Crippen LogP contribution in [-0.4, -0.2) is 33.9 Å². The first kappa shape index (κ1) is 18.2. The van der Waals surface area contributed by atoms with Crippen molar-refractivity contribution in [2.75, 3.05) is 0 Å². The lowest BCUT2D eigenvalue weighted by atomic mass is 10.2. The van der Waals surface area contributed by atoms with E-state index in [1.165, 1.54) is 0 Å². The zero-order chi connectivity index (χ0) is 16.9. The third kappa shape index (κ3) is 5.17. The van der Waals surface area contributed by atoms with Gasteiger partial charge in [0.15, 0.2) is 0 Å². The Balaban J connectivity index is 0.000000295. The molecule has 0 bridgehead atoms. The lowest BCUT2D eigenvalue weighted by Gasteiger charge is -2.06. The molecule has 0 saturated carbocycles. The molecule has 0 saturated heterocycles. The van der Waals surface area contributed by atoms with Gasteiger partial charge in [-0.25, -0.2) is 9.86 Å². The highest BCUT2D eigenvalue weighted by Crippen LogP contribution is 2.29. The van der Waals surface area contributed by atoms with Gasteiger partial charge in [-0.1, -0.05) is 11.6 Å². The normalized spacial score (nSPS) is 10.8. The summed E-state index contributed by atoms with van der Waals surface area (Å²) in [5.41, 5.74) is 0.895. The minimum Gasteiger partial charge on any atom is -0.475 e. The zero-order valence-corrected chi connectivity index (χ0v) is 12.2. The number of carboxylic acids is 1. The van der Waals surface area contributed by atoms with Crippen LogP contribution in [0, 0.1) is 0 Å². The highest BCUT2D eigenvalue weighted by atomic mass is 35.5. The maximum Gasteiger partial charge on any atom is 0.490 e. The van der Waals surface area contributed by atoms with E-state index >= 15 is 0 Å². The van der Waals surface area contributed by atoms with E-state index in [1.54, 1.807) is 11.3 Å². The number of alkyl halides is 3. The van der Waals surface area contributed by atoms with E-state index < -0.39 is 12.1 Å². The van der Waals surface area contributed by atoms with Gasteiger partial charge < -0.3 is 5.11 Å². The summed E-state index contributed by atoms with van der Waals surface area (Å²) in [6.45, 7) is 0.184. The highest BCUT2D eigenvalue weighted by molar-refractivity contribution is 7.17. The summed E-state index contributed by atoms with van der Waals surface area (Å²) in [5.74, 6) is -2.76. The lowest BCUT2D eigenvalue weighted by molar-refractivity contribution is -0.192. The fourth-order valence-corrected chi connectivity index (χ4v) is 2.49. The molecule has 2 N–H and O–H groups in total. The Kier molecular flexibility index (Phi) is 6.15. The van der Waals surface area contributed by atoms with Gasteiger partial charge in [0, 0.05) is 9.72 Å². The molecule has 120 valence electrons. The lowest BCUT2D eigenvalue weighted by Crippen LogP contribution is -2.21. The molecule has 0 spiro atoms. The molecule has 0 unspecified atom stereocenters. The molecule has 0 atom stereocenters. The summed E-state index contributed by atoms with van der Waals surface area (Å²) >= 11 is 7.44. The molecule has 0 fully saturated rings. The third-order valence-electron chi connectivity index (χ3n) is 2.31. The van der Waals surface area contributed by atoms with Gasteiger partial charge in [-0.2, -0.15) is 13.2 Å². The Labute approximate surface area is 131 Å². The van der Waals surface area contributed by atoms with Gasteiger partial charge >= 0.3 is 12.1 Å². The number of carbonyl (C=O) groups excluding carboxylic acids is 1. The standard InChI is InChI=1S/C10H8ClNO2S.C2HF3O2/c11-8-1-2-10-9(3-8)7(5-15-10)4-12(14)6-13;3-2(4,5)1(6)7/h1-3,5-6,14H,4H2;(H,6,7). The Hall–Kier alpha value is -1.84. The number of hydrogen-bond donors (Lipinski definition) is 2. The predicted molar refractivity (Wildman–Crippen MR) is 73.9 cm³/mol. The zero-order valence-electron chi connectivity index (χ0n) is 10.7. The quantitative estimate of drug-likeness (QED) is 0.501. The van der Waals surface area contributed by atoms with E-state index in [2.05, 4.69) is 0 Å². The first-order valence-corrected chi connectivity index (χ1v) is 6.77. The minimum atomic E-state index is -5.08. The number of halogens is 4. The van der Waals surface area contributed by atoms with E-state index in [0.29, 0.717) is 16.5 Å². The molecule has 0 aliphatic rings. The number of fused-ring (bicyclic) bond motifs is 1. The van der Waals surface area contributed by atoms with Crippen LogP contribution >= 0.6 is 22.9 Å². The SMILES string of the molecule is O=C(O)C(F)(F)F.O=CN(O)Cc1csc2ccc(Cl)cc12. The molecule has 2 rings (SSSR count). The van der Waals surface area contributed by atoms with Crippen LogP contribution < -0.4 is 0 Å². The second kappa shape index (κ2) is 7.43. The number of amides is 1. The first-order chi connectivity index (χ1) is 10.1. The number of carboxylic acid groups (broad SMARTS) is 1. The summed E-state index contributed by atoms with van der Waals surface area (Å²) in [6.07, 6.45) is -4.70. The van der Waals surface area contributed by atoms with Gasteiger partial charge in [-0.15, -0.1) is 11.3 Å². The molecule has 2 aromatic rings. The van der Waals surface area contributed by atoms with Crippen LogP contribution in [0.4, 0.5) is 13.2 Å². The van der Waals surface area contributed by atoms with Crippen molar-refractivity contribution in [3.05, 3.63) is 34.2 Å². The van der Waals surface area contributed by atoms with E-state index in [0.717, 1.165) is 15.6 Å². The Morgan fingerprint density at radius 1 is 1.41 bits per heavy atom. The summed E-state index contributed by atoms with van der Waals surface area (Å²) < 4.78 is 32.8. The second-order valence-electron chi connectivity index (χ2n) is 3.91. The Morgan fingerprint density at radius 3 is 2.50 bits per heavy atom. The molecular weight excluding hydrogens is 347 g/mol. The number of aliphatic carboxylic acids is 1. The topological polar surface area (TPSA) is 77.8 Å². The highest BCUT2D eigenvalue weighted by Gasteiger charge is 2.38. The second-order valence-corrected chi connectivity index (χ2v) is 5.25. The van der Waals surface area contributed by atoms with Gasteiger partial charge in [0.25, 0.3) is 0 Å². The summed E-state index contributed by atoms with van der Waals surface area (Å²) in [6, 6.07) is 5.58. The molecule has 0 aliphatic heterocycles. The molecule has 5 nitrogen and oxygen atoms in total. The maximum absolute atomic E-state index is 10.6. The maximum atomic E-state index is 10.6. The van der Waals surface area contributed by atoms with Gasteiger partial charge in [0.1, 0.15) is 0 Å². The van der Waals surface area contributed by atoms with Crippen molar-refractivity contribution in [1.82, 2.24) is 5.06 Å². The smallest absolute Gasteiger partial charge is 0.475 e. The van der Waals surface area contributed by atoms with Crippen LogP contribution in [0.3, 0.4) is 0 Å². The third-order valence-corrected chi connectivity index (χ3v) is 3.56. The minimum absolute atomic E-state index is 0.184. The number of thiophene rings is 1. The fraction of sp³-hybridized carbons (Fsp3) is 0.167. The molecule has 1 amide bonds. The number of carbonyl (C=O) groups is 2. The number of hydrogen-bond acceptors (Lipinski definition) is 4. The van der Waals surface area contributed by atoms with Crippen LogP contribution in [0.25, 0.3) is 10.1 Å². The average molecular weight is 356 g/mol. The van der Waals surface area contributed by atoms with Crippen LogP contribution in [0.2, 0.25) is 5.02 Å². The molecule has 22 heavy (non-hydrogen) atoms. The monoisotopic (exact) mass is 355 g/mol. The molecule has 1 aromatic carbocycles. The van der Waals surface area contributed by atoms with Gasteiger partial charge in [-0.05, 0) is 34.5 Å². The van der Waals surface area contributed by atoms with Crippen molar-refractivity contribution in [2.24, 2.45) is 0 Å². The van der Waals surface area contributed by atoms with Gasteiger partial charge in [-0.3, -0.25) is 10.0 Å². The summed E-state index contributed by atoms with van der Waals surface area (Å²) in [7, 11) is 0. The number of rotatable bonds is 3. The molecule has 0 radical (unpaired) electrons. The van der Waals surface area contributed by atoms with Gasteiger partial charge in [0.05, 0.1) is 6.54 Å². The molecular formula is C12H9ClF3NO4S. The molecule has 0 aliphatic carbocycles. The fourth-order valence-electron chi connectivity index (χ4n) is 1.39. The van der Waals surface area contributed by atoms with Gasteiger partial charge in [0.2, 0.25) is 6.41 Å². The Morgan fingerprint density at radius 2 is 2.00 bits per heavy atom. The molecule has 1 heterocycles. The van der Waals surface area contributed by atoms with E-state index in [4.69, 9.17) is 26.7 Å². The van der Waals surface area contributed by atoms with Crippen molar-refractivity contribution in [2.45, 2.75) is 12.7 Å². The predicted octanol–water partition coefficient (Wildman–Crippen LogP) is 3.54. The summed E-state index contributed by atoms with van der Waals surface area (Å²) in [5, 5.41) is 20.4. The molecule has 10 heteroatoms. The number of nitrogens with zero attached hydrogens (tertiary/aromatic N) is 1. The largest absolute Gasteiger partial charge is 0.490 e. The van der Waals surface area contributed by atoms with Crippen LogP contribution in [0.15, 0.2) is 23.6 Å². The molecule has 1 aromatic heterocycles. The van der Waals surface area contributed by atoms with E-state index in [1.807, 2.05) is 23.6 Å². The van der Waals surface area contributed by atoms with Crippen LogP contribution in [-0.2, 0) is 16.1 Å². The van der Waals surface area contributed by atoms with Crippen molar-refractivity contribution >= 4 is 45.4 Å². The van der Waals surface area contributed by atoms with Crippen LogP contribution in [0.5, 0.6) is 0 Å². The number of benzene rings is 1. The van der Waals surface area contributed by atoms with Crippen molar-refractivity contribution in [3.63, 3.8) is 0 Å². The Bertz CT molecular complexity index is 674. The van der Waals surface area contributed by atoms with Crippen molar-refractivity contribution in [3.8, 4) is 0 Å². The van der Waals surface area contributed by atoms with E-state index in [9.17, 15) is 18.0 Å².